The van der Waals surface area contributed by atoms with Crippen molar-refractivity contribution in [2.45, 2.75) is 25.4 Å². The second-order valence-corrected chi connectivity index (χ2v) is 6.00. The molecule has 8 heteroatoms. The summed E-state index contributed by atoms with van der Waals surface area (Å²) in [5.41, 5.74) is 0.451. The predicted octanol–water partition coefficient (Wildman–Crippen LogP) is 1.33. The number of benzene rings is 1. The van der Waals surface area contributed by atoms with E-state index in [1.165, 1.54) is 4.90 Å². The van der Waals surface area contributed by atoms with E-state index in [1.807, 2.05) is 0 Å². The van der Waals surface area contributed by atoms with Crippen LogP contribution in [-0.2, 0) is 16.1 Å². The van der Waals surface area contributed by atoms with Crippen molar-refractivity contribution in [2.75, 3.05) is 0 Å². The number of imide groups is 1. The molecule has 5 nitrogen and oxygen atoms in total. The molecule has 0 aromatic heterocycles. The van der Waals surface area contributed by atoms with Gasteiger partial charge in [0.1, 0.15) is 6.04 Å². The van der Waals surface area contributed by atoms with Crippen molar-refractivity contribution in [1.29, 1.82) is 0 Å². The molecule has 0 saturated carbocycles. The molecule has 1 atom stereocenters. The molecule has 3 amide bonds. The quantitative estimate of drug-likeness (QED) is 0.435. The molecule has 1 unspecified atom stereocenters. The van der Waals surface area contributed by atoms with Gasteiger partial charge in [0.15, 0.2) is 11.6 Å². The van der Waals surface area contributed by atoms with Crippen LogP contribution < -0.4 is 5.32 Å². The average Bonchev–Trinajstić information content (AvgIpc) is 2.73. The van der Waals surface area contributed by atoms with E-state index < -0.39 is 29.5 Å². The van der Waals surface area contributed by atoms with E-state index in [4.69, 9.17) is 0 Å². The van der Waals surface area contributed by atoms with Crippen LogP contribution in [0.4, 0.5) is 8.78 Å². The molecule has 0 bridgehead atoms. The summed E-state index contributed by atoms with van der Waals surface area (Å²) in [6.45, 7) is 0.0354. The highest BCUT2D eigenvalue weighted by Gasteiger charge is 2.41. The number of fused-ring (bicyclic) bond motifs is 1. The maximum absolute atomic E-state index is 13.6. The molecular weight excluding hydrogens is 397 g/mol. The van der Waals surface area contributed by atoms with Crippen molar-refractivity contribution in [3.8, 4) is 0 Å². The van der Waals surface area contributed by atoms with E-state index in [1.54, 1.807) is 22.6 Å². The van der Waals surface area contributed by atoms with Crippen molar-refractivity contribution in [1.82, 2.24) is 10.2 Å². The summed E-state index contributed by atoms with van der Waals surface area (Å²) >= 11 is 1.58. The van der Waals surface area contributed by atoms with Gasteiger partial charge in [0.05, 0.1) is 9.13 Å². The fraction of sp³-hybridized carbons (Fsp3) is 0.308. The third-order valence-electron chi connectivity index (χ3n) is 3.65. The fourth-order valence-electron chi connectivity index (χ4n) is 2.63. The summed E-state index contributed by atoms with van der Waals surface area (Å²) in [5, 5.41) is 2.17. The highest BCUT2D eigenvalue weighted by molar-refractivity contribution is 14.1. The Kier molecular flexibility index (Phi) is 3.42. The molecule has 0 aliphatic carbocycles. The van der Waals surface area contributed by atoms with Crippen LogP contribution in [0.2, 0.25) is 0 Å². The Labute approximate surface area is 131 Å². The first-order chi connectivity index (χ1) is 9.90. The topological polar surface area (TPSA) is 66.5 Å². The number of nitrogens with one attached hydrogen (secondary N) is 1. The molecule has 1 N–H and O–H groups in total. The number of rotatable bonds is 1. The minimum atomic E-state index is -1.06. The first-order valence-electron chi connectivity index (χ1n) is 6.21. The van der Waals surface area contributed by atoms with Gasteiger partial charge in [-0.05, 0) is 40.6 Å². The zero-order chi connectivity index (χ0) is 15.3. The van der Waals surface area contributed by atoms with Gasteiger partial charge in [-0.25, -0.2) is 8.78 Å². The number of nitrogens with zero attached hydrogens (tertiary/aromatic N) is 1. The molecule has 1 aromatic carbocycles. The van der Waals surface area contributed by atoms with E-state index in [9.17, 15) is 23.2 Å². The van der Waals surface area contributed by atoms with Crippen molar-refractivity contribution < 1.29 is 23.2 Å². The maximum Gasteiger partial charge on any atom is 0.256 e. The number of hydrogen-bond donors (Lipinski definition) is 1. The molecule has 21 heavy (non-hydrogen) atoms. The Morgan fingerprint density at radius 1 is 1.29 bits per heavy atom. The van der Waals surface area contributed by atoms with Crippen LogP contribution in [0.25, 0.3) is 0 Å². The Bertz CT molecular complexity index is 692. The minimum absolute atomic E-state index is 0.0354. The monoisotopic (exact) mass is 406 g/mol. The number of carbonyl (C=O) groups is 3. The lowest BCUT2D eigenvalue weighted by molar-refractivity contribution is -0.136. The highest BCUT2D eigenvalue weighted by atomic mass is 127. The van der Waals surface area contributed by atoms with Gasteiger partial charge in [0.2, 0.25) is 11.8 Å². The van der Waals surface area contributed by atoms with E-state index >= 15 is 0 Å². The molecule has 110 valence electrons. The van der Waals surface area contributed by atoms with Crippen LogP contribution in [0.5, 0.6) is 0 Å². The fourth-order valence-corrected chi connectivity index (χ4v) is 3.46. The van der Waals surface area contributed by atoms with Crippen molar-refractivity contribution >= 4 is 40.3 Å². The molecule has 1 fully saturated rings. The van der Waals surface area contributed by atoms with Gasteiger partial charge in [-0.3, -0.25) is 19.7 Å². The third-order valence-corrected chi connectivity index (χ3v) is 4.66. The molecule has 2 aliphatic heterocycles. The second kappa shape index (κ2) is 5.00. The highest BCUT2D eigenvalue weighted by Crippen LogP contribution is 2.32. The molecule has 1 saturated heterocycles. The molecule has 1 aromatic rings. The Balaban J connectivity index is 1.96. The van der Waals surface area contributed by atoms with Crippen molar-refractivity contribution in [3.05, 3.63) is 32.4 Å². The molecule has 2 aliphatic rings. The molecule has 3 rings (SSSR count). The summed E-state index contributed by atoms with van der Waals surface area (Å²) in [6.07, 6.45) is 0.349. The Morgan fingerprint density at radius 3 is 2.67 bits per heavy atom. The Morgan fingerprint density at radius 2 is 2.00 bits per heavy atom. The lowest BCUT2D eigenvalue weighted by Gasteiger charge is -2.29. The normalized spacial score (nSPS) is 21.6. The molecule has 0 radical (unpaired) electrons. The molecule has 0 spiro atoms. The third kappa shape index (κ3) is 2.21. The number of carbonyl (C=O) groups excluding carboxylic acids is 3. The van der Waals surface area contributed by atoms with Gasteiger partial charge in [0.25, 0.3) is 5.91 Å². The summed E-state index contributed by atoms with van der Waals surface area (Å²) in [5.74, 6) is -3.53. The SMILES string of the molecule is O=C1CCC(N2Cc3cc(F)c(F)c(I)c3C2=O)C(=O)N1. The number of hydrogen-bond acceptors (Lipinski definition) is 3. The van der Waals surface area contributed by atoms with Crippen molar-refractivity contribution in [2.24, 2.45) is 0 Å². The van der Waals surface area contributed by atoms with Gasteiger partial charge in [0, 0.05) is 13.0 Å². The predicted molar refractivity (Wildman–Crippen MR) is 75.1 cm³/mol. The number of halogens is 3. The summed E-state index contributed by atoms with van der Waals surface area (Å²) in [7, 11) is 0. The number of piperidine rings is 1. The van der Waals surface area contributed by atoms with Crippen LogP contribution >= 0.6 is 22.6 Å². The second-order valence-electron chi connectivity index (χ2n) is 4.92. The Hall–Kier alpha value is -1.58. The lowest BCUT2D eigenvalue weighted by atomic mass is 10.0. The van der Waals surface area contributed by atoms with Crippen LogP contribution in [0.1, 0.15) is 28.8 Å². The molecule has 2 heterocycles. The maximum atomic E-state index is 13.6. The summed E-state index contributed by atoms with van der Waals surface area (Å²) in [6, 6.07) is 0.195. The lowest BCUT2D eigenvalue weighted by Crippen LogP contribution is -2.52. The zero-order valence-corrected chi connectivity index (χ0v) is 12.7. The van der Waals surface area contributed by atoms with Crippen LogP contribution in [0, 0.1) is 15.2 Å². The van der Waals surface area contributed by atoms with E-state index in [2.05, 4.69) is 5.32 Å². The zero-order valence-electron chi connectivity index (χ0n) is 10.6. The van der Waals surface area contributed by atoms with Crippen LogP contribution in [0.15, 0.2) is 6.07 Å². The minimum Gasteiger partial charge on any atom is -0.322 e. The summed E-state index contributed by atoms with van der Waals surface area (Å²) < 4.78 is 26.9. The van der Waals surface area contributed by atoms with Gasteiger partial charge < -0.3 is 4.90 Å². The largest absolute Gasteiger partial charge is 0.322 e. The van der Waals surface area contributed by atoms with Crippen LogP contribution in [0.3, 0.4) is 0 Å². The van der Waals surface area contributed by atoms with Gasteiger partial charge in [-0.1, -0.05) is 0 Å². The van der Waals surface area contributed by atoms with Gasteiger partial charge in [-0.2, -0.15) is 0 Å². The van der Waals surface area contributed by atoms with E-state index in [0.717, 1.165) is 6.07 Å². The smallest absolute Gasteiger partial charge is 0.256 e. The van der Waals surface area contributed by atoms with Gasteiger partial charge >= 0.3 is 0 Å². The van der Waals surface area contributed by atoms with Crippen molar-refractivity contribution in [3.63, 3.8) is 0 Å². The summed E-state index contributed by atoms with van der Waals surface area (Å²) in [4.78, 5) is 36.6. The van der Waals surface area contributed by atoms with Crippen LogP contribution in [-0.4, -0.2) is 28.7 Å². The molecular formula is C13H9F2IN2O3. The number of amides is 3. The first kappa shape index (κ1) is 14.4. The first-order valence-corrected chi connectivity index (χ1v) is 7.29. The standard InChI is InChI=1S/C13H9F2IN2O3/c14-6-3-5-4-18(7-1-2-8(19)17-12(7)20)13(21)9(5)11(16)10(6)15/h3,7H,1-2,4H2,(H,17,19,20). The average molecular weight is 406 g/mol. The van der Waals surface area contributed by atoms with E-state index in [-0.39, 0.29) is 34.4 Å². The van der Waals surface area contributed by atoms with E-state index in [0.29, 0.717) is 5.56 Å². The van der Waals surface area contributed by atoms with Gasteiger partial charge in [-0.15, -0.1) is 0 Å².